The summed E-state index contributed by atoms with van der Waals surface area (Å²) in [6.45, 7) is 0.950. The summed E-state index contributed by atoms with van der Waals surface area (Å²) in [7, 11) is 0. The van der Waals surface area contributed by atoms with Crippen LogP contribution in [0.1, 0.15) is 12.0 Å². The smallest absolute Gasteiger partial charge is 0.136 e. The molecule has 1 aromatic rings. The summed E-state index contributed by atoms with van der Waals surface area (Å²) >= 11 is 7.01. The monoisotopic (exact) mass is 276 g/mol. The third-order valence-corrected chi connectivity index (χ3v) is 4.15. The molecule has 1 aliphatic heterocycles. The Balaban J connectivity index is 1.71. The van der Waals surface area contributed by atoms with Crippen LogP contribution in [0.5, 0.6) is 0 Å². The molecular weight excluding hydrogens is 263 g/mol. The minimum atomic E-state index is -1.12. The lowest BCUT2D eigenvalue weighted by molar-refractivity contribution is 0.111. The first-order valence-electron chi connectivity index (χ1n) is 5.45. The van der Waals surface area contributed by atoms with E-state index < -0.39 is 11.6 Å². The maximum atomic E-state index is 13.0. The van der Waals surface area contributed by atoms with E-state index >= 15 is 0 Å². The van der Waals surface area contributed by atoms with E-state index in [1.165, 1.54) is 11.8 Å². The highest BCUT2D eigenvalue weighted by molar-refractivity contribution is 8.00. The van der Waals surface area contributed by atoms with Gasteiger partial charge in [0, 0.05) is 10.3 Å². The number of aliphatic hydroxyl groups is 1. The van der Waals surface area contributed by atoms with Gasteiger partial charge in [-0.05, 0) is 24.1 Å². The molecule has 1 heterocycles. The maximum Gasteiger partial charge on any atom is 0.136 e. The fourth-order valence-corrected chi connectivity index (χ4v) is 2.97. The second-order valence-corrected chi connectivity index (χ2v) is 5.90. The number of alkyl halides is 1. The average Bonchev–Trinajstić information content (AvgIpc) is 2.61. The summed E-state index contributed by atoms with van der Waals surface area (Å²) in [5, 5.41) is 9.98. The van der Waals surface area contributed by atoms with E-state index in [2.05, 4.69) is 0 Å². The number of thioether (sulfide) groups is 1. The van der Waals surface area contributed by atoms with Gasteiger partial charge in [-0.25, -0.2) is 4.39 Å². The number of rotatable bonds is 4. The molecule has 1 saturated heterocycles. The first-order chi connectivity index (χ1) is 8.15. The summed E-state index contributed by atoms with van der Waals surface area (Å²) in [6.07, 6.45) is -0.754. The zero-order chi connectivity index (χ0) is 12.3. The van der Waals surface area contributed by atoms with Gasteiger partial charge in [-0.2, -0.15) is 0 Å². The summed E-state index contributed by atoms with van der Waals surface area (Å²) in [5.74, 6) is 0. The first-order valence-corrected chi connectivity index (χ1v) is 6.77. The van der Waals surface area contributed by atoms with E-state index in [0.29, 0.717) is 24.7 Å². The zero-order valence-electron chi connectivity index (χ0n) is 9.18. The van der Waals surface area contributed by atoms with Gasteiger partial charge in [-0.3, -0.25) is 0 Å². The van der Waals surface area contributed by atoms with Gasteiger partial charge in [0.15, 0.2) is 0 Å². The van der Waals surface area contributed by atoms with E-state index in [-0.39, 0.29) is 5.25 Å². The lowest BCUT2D eigenvalue weighted by Gasteiger charge is -2.09. The third-order valence-electron chi connectivity index (χ3n) is 2.62. The first kappa shape index (κ1) is 13.1. The second kappa shape index (κ2) is 6.05. The Labute approximate surface area is 109 Å². The molecule has 0 saturated carbocycles. The average molecular weight is 277 g/mol. The molecule has 0 amide bonds. The highest BCUT2D eigenvalue weighted by Gasteiger charge is 2.33. The van der Waals surface area contributed by atoms with Gasteiger partial charge >= 0.3 is 0 Å². The van der Waals surface area contributed by atoms with E-state index in [9.17, 15) is 9.50 Å². The molecule has 94 valence electrons. The molecule has 1 aromatic carbocycles. The minimum absolute atomic E-state index is 0.0484. The Morgan fingerprint density at radius 2 is 2.12 bits per heavy atom. The van der Waals surface area contributed by atoms with Crippen LogP contribution in [0.2, 0.25) is 5.02 Å². The number of hydrogen-bond acceptors (Lipinski definition) is 3. The van der Waals surface area contributed by atoms with Gasteiger partial charge < -0.3 is 9.84 Å². The molecule has 0 aromatic heterocycles. The van der Waals surface area contributed by atoms with Crippen molar-refractivity contribution >= 4 is 23.4 Å². The van der Waals surface area contributed by atoms with Crippen LogP contribution in [0.3, 0.4) is 0 Å². The number of halogens is 2. The van der Waals surface area contributed by atoms with E-state index in [1.807, 2.05) is 24.3 Å². The predicted molar refractivity (Wildman–Crippen MR) is 68.0 cm³/mol. The molecule has 0 radical (unpaired) electrons. The highest BCUT2D eigenvalue weighted by Crippen LogP contribution is 2.34. The van der Waals surface area contributed by atoms with Crippen molar-refractivity contribution in [1.29, 1.82) is 0 Å². The van der Waals surface area contributed by atoms with Gasteiger partial charge in [0.2, 0.25) is 0 Å². The number of hydrogen-bond donors (Lipinski definition) is 1. The SMILES string of the molecule is OC1SC(COCc2ccc(Cl)cc2)CC1F. The summed E-state index contributed by atoms with van der Waals surface area (Å²) in [5.41, 5.74) is 0.147. The molecule has 1 fully saturated rings. The van der Waals surface area contributed by atoms with Crippen LogP contribution in [-0.4, -0.2) is 28.6 Å². The molecule has 0 bridgehead atoms. The number of benzene rings is 1. The Hall–Kier alpha value is -0.290. The van der Waals surface area contributed by atoms with Crippen molar-refractivity contribution in [3.63, 3.8) is 0 Å². The number of ether oxygens (including phenoxy) is 1. The van der Waals surface area contributed by atoms with E-state index in [1.54, 1.807) is 0 Å². The van der Waals surface area contributed by atoms with Crippen LogP contribution in [-0.2, 0) is 11.3 Å². The lowest BCUT2D eigenvalue weighted by atomic mass is 10.2. The van der Waals surface area contributed by atoms with E-state index in [0.717, 1.165) is 5.56 Å². The van der Waals surface area contributed by atoms with Crippen molar-refractivity contribution in [1.82, 2.24) is 0 Å². The largest absolute Gasteiger partial charge is 0.379 e. The van der Waals surface area contributed by atoms with Gasteiger partial charge in [-0.15, -0.1) is 11.8 Å². The highest BCUT2D eigenvalue weighted by atomic mass is 35.5. The second-order valence-electron chi connectivity index (χ2n) is 4.04. The van der Waals surface area contributed by atoms with Crippen molar-refractivity contribution < 1.29 is 14.2 Å². The van der Waals surface area contributed by atoms with E-state index in [4.69, 9.17) is 16.3 Å². The molecule has 1 N–H and O–H groups in total. The molecule has 0 aliphatic carbocycles. The third kappa shape index (κ3) is 3.85. The van der Waals surface area contributed by atoms with Gasteiger partial charge in [-0.1, -0.05) is 23.7 Å². The van der Waals surface area contributed by atoms with Crippen LogP contribution < -0.4 is 0 Å². The van der Waals surface area contributed by atoms with Gasteiger partial charge in [0.25, 0.3) is 0 Å². The number of aliphatic hydroxyl groups excluding tert-OH is 1. The summed E-state index contributed by atoms with van der Waals surface area (Å²) in [4.78, 5) is 0. The zero-order valence-corrected chi connectivity index (χ0v) is 10.8. The van der Waals surface area contributed by atoms with Crippen molar-refractivity contribution in [2.75, 3.05) is 6.61 Å². The predicted octanol–water partition coefficient (Wildman–Crippen LogP) is 3.02. The Morgan fingerprint density at radius 1 is 1.41 bits per heavy atom. The quantitative estimate of drug-likeness (QED) is 0.917. The van der Waals surface area contributed by atoms with Crippen LogP contribution in [0, 0.1) is 0 Å². The Bertz CT molecular complexity index is 350. The summed E-state index contributed by atoms with van der Waals surface area (Å²) < 4.78 is 18.5. The van der Waals surface area contributed by atoms with Crippen molar-refractivity contribution in [2.24, 2.45) is 0 Å². The lowest BCUT2D eigenvalue weighted by Crippen LogP contribution is -2.11. The normalized spacial score (nSPS) is 28.5. The maximum absolute atomic E-state index is 13.0. The molecule has 17 heavy (non-hydrogen) atoms. The van der Waals surface area contributed by atoms with Gasteiger partial charge in [0.05, 0.1) is 13.2 Å². The fraction of sp³-hybridized carbons (Fsp3) is 0.500. The van der Waals surface area contributed by atoms with Crippen LogP contribution >= 0.6 is 23.4 Å². The molecule has 0 spiro atoms. The standard InChI is InChI=1S/C12H14ClFO2S/c13-9-3-1-8(2-4-9)6-16-7-10-5-11(14)12(15)17-10/h1-4,10-12,15H,5-7H2. The minimum Gasteiger partial charge on any atom is -0.379 e. The van der Waals surface area contributed by atoms with Crippen LogP contribution in [0.4, 0.5) is 4.39 Å². The molecule has 1 aliphatic rings. The Kier molecular flexibility index (Phi) is 4.68. The molecular formula is C12H14ClFO2S. The van der Waals surface area contributed by atoms with Crippen LogP contribution in [0.15, 0.2) is 24.3 Å². The fourth-order valence-electron chi connectivity index (χ4n) is 1.70. The van der Waals surface area contributed by atoms with Crippen LogP contribution in [0.25, 0.3) is 0 Å². The van der Waals surface area contributed by atoms with Gasteiger partial charge in [0.1, 0.15) is 11.6 Å². The molecule has 3 unspecified atom stereocenters. The Morgan fingerprint density at radius 3 is 2.71 bits per heavy atom. The van der Waals surface area contributed by atoms with Crippen molar-refractivity contribution in [3.05, 3.63) is 34.9 Å². The summed E-state index contributed by atoms with van der Waals surface area (Å²) in [6, 6.07) is 7.42. The van der Waals surface area contributed by atoms with Crippen molar-refractivity contribution in [2.45, 2.75) is 29.9 Å². The molecule has 5 heteroatoms. The molecule has 3 atom stereocenters. The molecule has 2 rings (SSSR count). The molecule has 2 nitrogen and oxygen atoms in total. The van der Waals surface area contributed by atoms with Crippen molar-refractivity contribution in [3.8, 4) is 0 Å². The topological polar surface area (TPSA) is 29.5 Å².